The molecule has 0 aliphatic carbocycles. The third-order valence-corrected chi connectivity index (χ3v) is 3.97. The fraction of sp³-hybridized carbons (Fsp3) is 1.00. The van der Waals surface area contributed by atoms with E-state index in [1.54, 1.807) is 0 Å². The van der Waals surface area contributed by atoms with Crippen molar-refractivity contribution in [3.8, 4) is 0 Å². The number of hydrogen-bond donors (Lipinski definition) is 2. The van der Waals surface area contributed by atoms with Gasteiger partial charge in [-0.25, -0.2) is 0 Å². The Kier molecular flexibility index (Phi) is 7.45. The van der Waals surface area contributed by atoms with Gasteiger partial charge in [-0.1, -0.05) is 13.8 Å². The number of thioether (sulfide) groups is 1. The molecule has 16 heavy (non-hydrogen) atoms. The topological polar surface area (TPSA) is 35.5 Å². The van der Waals surface area contributed by atoms with Gasteiger partial charge in [0.2, 0.25) is 0 Å². The van der Waals surface area contributed by atoms with Gasteiger partial charge in [-0.15, -0.1) is 0 Å². The molecule has 0 spiro atoms. The Labute approximate surface area is 104 Å². The summed E-state index contributed by atoms with van der Waals surface area (Å²) in [6, 6.07) is 0. The van der Waals surface area contributed by atoms with Crippen LogP contribution < -0.4 is 5.32 Å². The van der Waals surface area contributed by atoms with E-state index in [4.69, 9.17) is 0 Å². The predicted octanol–water partition coefficient (Wildman–Crippen LogP) is 1.03. The van der Waals surface area contributed by atoms with Crippen LogP contribution in [-0.2, 0) is 0 Å². The van der Waals surface area contributed by atoms with Crippen molar-refractivity contribution in [1.29, 1.82) is 0 Å². The van der Waals surface area contributed by atoms with E-state index < -0.39 is 0 Å². The van der Waals surface area contributed by atoms with Crippen molar-refractivity contribution >= 4 is 11.8 Å². The monoisotopic (exact) mass is 246 g/mol. The minimum Gasteiger partial charge on any atom is -0.391 e. The van der Waals surface area contributed by atoms with Crippen LogP contribution in [0.25, 0.3) is 0 Å². The van der Waals surface area contributed by atoms with Crippen molar-refractivity contribution in [2.45, 2.75) is 26.4 Å². The van der Waals surface area contributed by atoms with E-state index in [2.05, 4.69) is 24.1 Å². The lowest BCUT2D eigenvalue weighted by Crippen LogP contribution is -2.46. The maximum Gasteiger partial charge on any atom is 0.0757 e. The number of aliphatic hydroxyl groups excluding tert-OH is 1. The van der Waals surface area contributed by atoms with E-state index in [1.165, 1.54) is 12.2 Å². The Morgan fingerprint density at radius 3 is 2.62 bits per heavy atom. The first-order valence-corrected chi connectivity index (χ1v) is 7.53. The Morgan fingerprint density at radius 1 is 1.31 bits per heavy atom. The molecule has 1 rings (SSSR count). The van der Waals surface area contributed by atoms with Crippen molar-refractivity contribution in [2.24, 2.45) is 5.92 Å². The van der Waals surface area contributed by atoms with Crippen molar-refractivity contribution < 1.29 is 5.11 Å². The Morgan fingerprint density at radius 2 is 2.00 bits per heavy atom. The molecular formula is C12H26N2OS. The van der Waals surface area contributed by atoms with Gasteiger partial charge in [0.25, 0.3) is 0 Å². The van der Waals surface area contributed by atoms with E-state index >= 15 is 0 Å². The SMILES string of the molecule is CC(C)CCSCC(O)CN1CCNCC1. The highest BCUT2D eigenvalue weighted by atomic mass is 32.2. The second-order valence-corrected chi connectivity index (χ2v) is 6.11. The summed E-state index contributed by atoms with van der Waals surface area (Å²) in [5.74, 6) is 2.84. The molecule has 2 N–H and O–H groups in total. The summed E-state index contributed by atoms with van der Waals surface area (Å²) in [6.07, 6.45) is 1.10. The van der Waals surface area contributed by atoms with Crippen LogP contribution in [-0.4, -0.2) is 60.3 Å². The third-order valence-electron chi connectivity index (χ3n) is 2.83. The molecule has 0 aromatic heterocycles. The maximum atomic E-state index is 9.88. The van der Waals surface area contributed by atoms with E-state index in [-0.39, 0.29) is 6.10 Å². The summed E-state index contributed by atoms with van der Waals surface area (Å²) in [5.41, 5.74) is 0. The second-order valence-electron chi connectivity index (χ2n) is 4.96. The number of hydrogen-bond acceptors (Lipinski definition) is 4. The van der Waals surface area contributed by atoms with Crippen LogP contribution in [0.15, 0.2) is 0 Å². The predicted molar refractivity (Wildman–Crippen MR) is 72.1 cm³/mol. The van der Waals surface area contributed by atoms with Gasteiger partial charge in [-0.05, 0) is 18.1 Å². The third kappa shape index (κ3) is 6.74. The molecule has 1 fully saturated rings. The highest BCUT2D eigenvalue weighted by Crippen LogP contribution is 2.10. The molecule has 4 heteroatoms. The lowest BCUT2D eigenvalue weighted by molar-refractivity contribution is 0.121. The van der Waals surface area contributed by atoms with Gasteiger partial charge in [0.15, 0.2) is 0 Å². The molecule has 0 aromatic carbocycles. The summed E-state index contributed by atoms with van der Waals surface area (Å²) in [5, 5.41) is 13.2. The number of piperazine rings is 1. The average molecular weight is 246 g/mol. The van der Waals surface area contributed by atoms with Crippen LogP contribution in [0, 0.1) is 5.92 Å². The molecule has 1 aliphatic rings. The summed E-state index contributed by atoms with van der Waals surface area (Å²) in [7, 11) is 0. The minimum atomic E-state index is -0.157. The van der Waals surface area contributed by atoms with Gasteiger partial charge in [0.1, 0.15) is 0 Å². The minimum absolute atomic E-state index is 0.157. The van der Waals surface area contributed by atoms with Crippen molar-refractivity contribution in [2.75, 3.05) is 44.2 Å². The first-order chi connectivity index (χ1) is 7.68. The Bertz CT molecular complexity index is 172. The number of rotatable bonds is 7. The second kappa shape index (κ2) is 8.34. The zero-order valence-corrected chi connectivity index (χ0v) is 11.4. The number of nitrogens with zero attached hydrogens (tertiary/aromatic N) is 1. The molecule has 1 aliphatic heterocycles. The molecule has 1 heterocycles. The van der Waals surface area contributed by atoms with Gasteiger partial charge < -0.3 is 10.4 Å². The first kappa shape index (κ1) is 14.3. The van der Waals surface area contributed by atoms with Crippen molar-refractivity contribution in [3.05, 3.63) is 0 Å². The average Bonchev–Trinajstić information content (AvgIpc) is 2.25. The first-order valence-electron chi connectivity index (χ1n) is 6.37. The highest BCUT2D eigenvalue weighted by Gasteiger charge is 2.13. The van der Waals surface area contributed by atoms with Gasteiger partial charge in [-0.2, -0.15) is 11.8 Å². The molecule has 1 saturated heterocycles. The summed E-state index contributed by atoms with van der Waals surface area (Å²) in [6.45, 7) is 9.62. The van der Waals surface area contributed by atoms with Crippen LogP contribution in [0.3, 0.4) is 0 Å². The van der Waals surface area contributed by atoms with E-state index in [1.807, 2.05) is 11.8 Å². The van der Waals surface area contributed by atoms with Crippen LogP contribution in [0.2, 0.25) is 0 Å². The van der Waals surface area contributed by atoms with Crippen LogP contribution in [0.5, 0.6) is 0 Å². The number of nitrogens with one attached hydrogen (secondary N) is 1. The molecule has 0 aromatic rings. The fourth-order valence-corrected chi connectivity index (χ4v) is 2.97. The molecule has 3 nitrogen and oxygen atoms in total. The maximum absolute atomic E-state index is 9.88. The molecule has 0 bridgehead atoms. The lowest BCUT2D eigenvalue weighted by Gasteiger charge is -2.29. The molecule has 1 unspecified atom stereocenters. The van der Waals surface area contributed by atoms with Gasteiger partial charge in [-0.3, -0.25) is 4.90 Å². The molecule has 1 atom stereocenters. The summed E-state index contributed by atoms with van der Waals surface area (Å²) in [4.78, 5) is 2.35. The van der Waals surface area contributed by atoms with E-state index in [0.29, 0.717) is 0 Å². The van der Waals surface area contributed by atoms with Crippen molar-refractivity contribution in [1.82, 2.24) is 10.2 Å². The van der Waals surface area contributed by atoms with Crippen LogP contribution >= 0.6 is 11.8 Å². The zero-order valence-electron chi connectivity index (χ0n) is 10.6. The van der Waals surface area contributed by atoms with E-state index in [9.17, 15) is 5.11 Å². The summed E-state index contributed by atoms with van der Waals surface area (Å²) >= 11 is 1.89. The number of β-amino-alcohol motifs (C(OH)–C–C–N with tert-alkyl or cyclic N) is 1. The highest BCUT2D eigenvalue weighted by molar-refractivity contribution is 7.99. The zero-order chi connectivity index (χ0) is 11.8. The van der Waals surface area contributed by atoms with Gasteiger partial charge in [0.05, 0.1) is 6.10 Å². The normalized spacial score (nSPS) is 20.2. The Balaban J connectivity index is 1.99. The van der Waals surface area contributed by atoms with Crippen LogP contribution in [0.1, 0.15) is 20.3 Å². The molecule has 0 amide bonds. The lowest BCUT2D eigenvalue weighted by atomic mass is 10.2. The smallest absolute Gasteiger partial charge is 0.0757 e. The molecule has 0 saturated carbocycles. The van der Waals surface area contributed by atoms with E-state index in [0.717, 1.165) is 44.4 Å². The quantitative estimate of drug-likeness (QED) is 0.658. The summed E-state index contributed by atoms with van der Waals surface area (Å²) < 4.78 is 0. The van der Waals surface area contributed by atoms with Crippen molar-refractivity contribution in [3.63, 3.8) is 0 Å². The van der Waals surface area contributed by atoms with Gasteiger partial charge >= 0.3 is 0 Å². The fourth-order valence-electron chi connectivity index (χ4n) is 1.78. The number of aliphatic hydroxyl groups is 1. The van der Waals surface area contributed by atoms with Crippen LogP contribution in [0.4, 0.5) is 0 Å². The Hall–Kier alpha value is 0.230. The molecule has 0 radical (unpaired) electrons. The largest absolute Gasteiger partial charge is 0.391 e. The van der Waals surface area contributed by atoms with Gasteiger partial charge in [0, 0.05) is 38.5 Å². The molecule has 96 valence electrons. The standard InChI is InChI=1S/C12H26N2OS/c1-11(2)3-8-16-10-12(15)9-14-6-4-13-5-7-14/h11-13,15H,3-10H2,1-2H3. The molecular weight excluding hydrogens is 220 g/mol.